The largest absolute Gasteiger partial charge is 0.516 e. The third-order valence-corrected chi connectivity index (χ3v) is 2.58. The monoisotopic (exact) mass is 578 g/mol. The van der Waals surface area contributed by atoms with Crippen molar-refractivity contribution in [1.29, 1.82) is 0 Å². The molecule has 0 fully saturated rings. The van der Waals surface area contributed by atoms with E-state index in [9.17, 15) is 38.4 Å². The van der Waals surface area contributed by atoms with Gasteiger partial charge in [0.2, 0.25) is 0 Å². The highest BCUT2D eigenvalue weighted by Crippen LogP contribution is 2.17. The van der Waals surface area contributed by atoms with Gasteiger partial charge in [0.15, 0.2) is 0 Å². The van der Waals surface area contributed by atoms with Crippen LogP contribution in [0.2, 0.25) is 0 Å². The van der Waals surface area contributed by atoms with Gasteiger partial charge in [-0.1, -0.05) is 60.7 Å². The maximum Gasteiger partial charge on any atom is 0.516 e. The average molecular weight is 578 g/mol. The Morgan fingerprint density at radius 1 is 0.325 bits per heavy atom. The summed E-state index contributed by atoms with van der Waals surface area (Å²) in [6.45, 7) is 0. The minimum absolute atomic E-state index is 1.28. The third-order valence-electron chi connectivity index (χ3n) is 2.58. The van der Waals surface area contributed by atoms with Crippen LogP contribution in [0.3, 0.4) is 0 Å². The smallest absolute Gasteiger partial charge is 0.449 e. The molecule has 8 N–H and O–H groups in total. The normalized spacial score (nSPS) is 8.10. The topological polar surface area (TPSA) is 335 Å². The summed E-state index contributed by atoms with van der Waals surface area (Å²) in [5.41, 5.74) is 2.55. The summed E-state index contributed by atoms with van der Waals surface area (Å²) in [5.74, 6) is 0. The summed E-state index contributed by atoms with van der Waals surface area (Å²) < 4.78 is 12.3. The predicted octanol–water partition coefficient (Wildman–Crippen LogP) is 4.79. The molecule has 40 heavy (non-hydrogen) atoms. The lowest BCUT2D eigenvalue weighted by Crippen LogP contribution is -2.05. The molecule has 0 unspecified atom stereocenters. The van der Waals surface area contributed by atoms with Crippen LogP contribution in [0.5, 0.6) is 0 Å². The second-order valence-corrected chi connectivity index (χ2v) is 5.27. The molecule has 20 nitrogen and oxygen atoms in total. The predicted molar refractivity (Wildman–Crippen MR) is 120 cm³/mol. The first-order chi connectivity index (χ1) is 18.5. The lowest BCUT2D eigenvalue weighted by molar-refractivity contribution is 0.0776. The molecule has 0 saturated carbocycles. The maximum absolute atomic E-state index is 9.21. The molecule has 20 heteroatoms. The Kier molecular flexibility index (Phi) is 21.7. The molecule has 0 saturated heterocycles. The Morgan fingerprint density at radius 2 is 0.475 bits per heavy atom. The molecule has 0 aromatic heterocycles. The first-order valence-corrected chi connectivity index (χ1v) is 9.13. The summed E-state index contributed by atoms with van der Waals surface area (Å²) in [7, 11) is 0. The zero-order chi connectivity index (χ0) is 31.7. The van der Waals surface area contributed by atoms with Gasteiger partial charge in [0, 0.05) is 0 Å². The van der Waals surface area contributed by atoms with E-state index in [1.807, 2.05) is 12.1 Å². The van der Waals surface area contributed by atoms with Gasteiger partial charge in [-0.15, -0.1) is 0 Å². The fraction of sp³-hybridized carbons (Fsp3) is 0. The van der Waals surface area contributed by atoms with Gasteiger partial charge in [-0.3, -0.25) is 0 Å². The van der Waals surface area contributed by atoms with Gasteiger partial charge in [-0.25, -0.2) is 38.4 Å². The van der Waals surface area contributed by atoms with Crippen molar-refractivity contribution < 1.29 is 98.2 Å². The molecule has 0 bridgehead atoms. The quantitative estimate of drug-likeness (QED) is 0.128. The molecule has 0 aliphatic rings. The highest BCUT2D eigenvalue weighted by molar-refractivity contribution is 5.75. The molecule has 218 valence electrons. The van der Waals surface area contributed by atoms with E-state index in [1.54, 1.807) is 0 Å². The van der Waals surface area contributed by atoms with E-state index in [0.29, 0.717) is 0 Å². The van der Waals surface area contributed by atoms with Crippen molar-refractivity contribution in [3.05, 3.63) is 60.7 Å². The second kappa shape index (κ2) is 22.8. The van der Waals surface area contributed by atoms with Crippen LogP contribution in [0.1, 0.15) is 0 Å². The zero-order valence-corrected chi connectivity index (χ0v) is 19.3. The first kappa shape index (κ1) is 37.9. The minimum atomic E-state index is -1.81. The maximum atomic E-state index is 9.21. The lowest BCUT2D eigenvalue weighted by Gasteiger charge is -1.98. The van der Waals surface area contributed by atoms with Gasteiger partial charge < -0.3 is 59.8 Å². The SMILES string of the molecule is O=C(O)OC(=O)O.O=C(O)OC(=O)O.O=C(O)OC(=O)O.O=C(O)OC(=O)O.c1ccc(-c2ccccc2)cc1. The van der Waals surface area contributed by atoms with E-state index in [-0.39, 0.29) is 0 Å². The summed E-state index contributed by atoms with van der Waals surface area (Å²) in [4.78, 5) is 73.7. The van der Waals surface area contributed by atoms with Crippen LogP contribution in [0, 0.1) is 0 Å². The van der Waals surface area contributed by atoms with Gasteiger partial charge in [0.1, 0.15) is 0 Å². The van der Waals surface area contributed by atoms with E-state index in [0.717, 1.165) is 0 Å². The van der Waals surface area contributed by atoms with Crippen molar-refractivity contribution in [1.82, 2.24) is 0 Å². The van der Waals surface area contributed by atoms with Crippen LogP contribution in [0.15, 0.2) is 60.7 Å². The number of hydrogen-bond donors (Lipinski definition) is 8. The summed E-state index contributed by atoms with van der Waals surface area (Å²) >= 11 is 0. The Labute approximate surface area is 220 Å². The van der Waals surface area contributed by atoms with E-state index in [2.05, 4.69) is 67.5 Å². The molecular weight excluding hydrogens is 560 g/mol. The van der Waals surface area contributed by atoms with Crippen LogP contribution in [-0.4, -0.2) is 90.1 Å². The molecule has 0 atom stereocenters. The molecule has 0 radical (unpaired) electrons. The Bertz CT molecular complexity index is 922. The second-order valence-electron chi connectivity index (χ2n) is 5.27. The van der Waals surface area contributed by atoms with E-state index >= 15 is 0 Å². The first-order valence-electron chi connectivity index (χ1n) is 9.13. The van der Waals surface area contributed by atoms with E-state index < -0.39 is 49.2 Å². The molecule has 2 aromatic carbocycles. The van der Waals surface area contributed by atoms with Gasteiger partial charge in [0.05, 0.1) is 0 Å². The van der Waals surface area contributed by atoms with Gasteiger partial charge in [0.25, 0.3) is 0 Å². The van der Waals surface area contributed by atoms with Crippen LogP contribution >= 0.6 is 0 Å². The number of hydrogen-bond acceptors (Lipinski definition) is 12. The van der Waals surface area contributed by atoms with Gasteiger partial charge in [-0.05, 0) is 11.1 Å². The molecule has 0 aliphatic heterocycles. The van der Waals surface area contributed by atoms with Crippen LogP contribution in [0.25, 0.3) is 11.1 Å². The number of ether oxygens (including phenoxy) is 4. The van der Waals surface area contributed by atoms with Crippen molar-refractivity contribution in [2.24, 2.45) is 0 Å². The highest BCUT2D eigenvalue weighted by Gasteiger charge is 2.03. The molecule has 0 heterocycles. The average Bonchev–Trinajstić information content (AvgIpc) is 2.78. The zero-order valence-electron chi connectivity index (χ0n) is 19.3. The van der Waals surface area contributed by atoms with Crippen molar-refractivity contribution >= 4 is 49.2 Å². The Morgan fingerprint density at radius 3 is 0.575 bits per heavy atom. The van der Waals surface area contributed by atoms with Crippen LogP contribution in [0.4, 0.5) is 38.4 Å². The van der Waals surface area contributed by atoms with Crippen LogP contribution in [-0.2, 0) is 18.9 Å². The van der Waals surface area contributed by atoms with Crippen molar-refractivity contribution in [2.45, 2.75) is 0 Å². The molecule has 0 aliphatic carbocycles. The van der Waals surface area contributed by atoms with Crippen molar-refractivity contribution in [3.8, 4) is 11.1 Å². The summed E-state index contributed by atoms with van der Waals surface area (Å²) in [5, 5.41) is 59.8. The Hall–Kier alpha value is -6.60. The number of carboxylic acid groups (broad SMARTS) is 8. The molecular formula is C20H18O20. The van der Waals surface area contributed by atoms with Crippen molar-refractivity contribution in [3.63, 3.8) is 0 Å². The van der Waals surface area contributed by atoms with Crippen LogP contribution < -0.4 is 0 Å². The Balaban J connectivity index is -0.000000441. The van der Waals surface area contributed by atoms with Crippen molar-refractivity contribution in [2.75, 3.05) is 0 Å². The van der Waals surface area contributed by atoms with Gasteiger partial charge in [-0.2, -0.15) is 0 Å². The summed E-state index contributed by atoms with van der Waals surface area (Å²) in [6, 6.07) is 20.8. The lowest BCUT2D eigenvalue weighted by atomic mass is 10.1. The number of rotatable bonds is 1. The summed E-state index contributed by atoms with van der Waals surface area (Å²) in [6.07, 6.45) is -14.5. The fourth-order valence-corrected chi connectivity index (χ4v) is 1.56. The minimum Gasteiger partial charge on any atom is -0.449 e. The molecule has 2 aromatic rings. The molecule has 0 amide bonds. The fourth-order valence-electron chi connectivity index (χ4n) is 1.56. The number of benzene rings is 2. The molecule has 2 rings (SSSR count). The third kappa shape index (κ3) is 33.6. The highest BCUT2D eigenvalue weighted by atomic mass is 16.8. The standard InChI is InChI=1S/C12H10.4C2H2O5/c1-3-7-11(8-4-1)12-9-5-2-6-10-12;4*3-1(4)7-2(5)6/h1-10H;4*(H,3,4)(H,5,6). The number of carbonyl (C=O) groups is 8. The van der Waals surface area contributed by atoms with E-state index in [1.165, 1.54) is 11.1 Å². The molecule has 0 spiro atoms. The van der Waals surface area contributed by atoms with Gasteiger partial charge >= 0.3 is 49.2 Å². The van der Waals surface area contributed by atoms with E-state index in [4.69, 9.17) is 40.9 Å².